The summed E-state index contributed by atoms with van der Waals surface area (Å²) >= 11 is 7.38. The van der Waals surface area contributed by atoms with Crippen molar-refractivity contribution in [3.63, 3.8) is 0 Å². The molecule has 4 rings (SSSR count). The minimum Gasteiger partial charge on any atom is -0.487 e. The predicted octanol–water partition coefficient (Wildman–Crippen LogP) is 5.42. The first kappa shape index (κ1) is 19.4. The first-order valence-corrected chi connectivity index (χ1v) is 10.0. The minimum atomic E-state index is -0.458. The van der Waals surface area contributed by atoms with Crippen molar-refractivity contribution >= 4 is 39.1 Å². The van der Waals surface area contributed by atoms with E-state index >= 15 is 0 Å². The van der Waals surface area contributed by atoms with Gasteiger partial charge < -0.3 is 9.47 Å². The quantitative estimate of drug-likeness (QED) is 0.302. The number of halogens is 2. The lowest BCUT2D eigenvalue weighted by atomic mass is 10.3. The van der Waals surface area contributed by atoms with Gasteiger partial charge in [-0.25, -0.2) is 13.9 Å². The van der Waals surface area contributed by atoms with Gasteiger partial charge in [-0.2, -0.15) is 5.10 Å². The number of ether oxygens (including phenoxy) is 2. The number of hydrogen-bond donors (Lipinski definition) is 0. The number of esters is 1. The molecule has 0 aliphatic carbocycles. The molecule has 2 aromatic carbocycles. The molecule has 0 aliphatic rings. The third kappa shape index (κ3) is 4.11. The smallest absolute Gasteiger partial charge is 0.348 e. The number of para-hydroxylation sites is 1. The van der Waals surface area contributed by atoms with Crippen molar-refractivity contribution < 1.29 is 18.7 Å². The van der Waals surface area contributed by atoms with E-state index < -0.39 is 11.8 Å². The molecule has 0 fully saturated rings. The van der Waals surface area contributed by atoms with Crippen LogP contribution in [-0.2, 0) is 4.74 Å². The van der Waals surface area contributed by atoms with Gasteiger partial charge in [-0.15, -0.1) is 11.3 Å². The van der Waals surface area contributed by atoms with Crippen molar-refractivity contribution in [1.29, 1.82) is 0 Å². The lowest BCUT2D eigenvalue weighted by Gasteiger charge is -2.07. The second-order valence-electron chi connectivity index (χ2n) is 6.22. The Balaban J connectivity index is 1.46. The summed E-state index contributed by atoms with van der Waals surface area (Å²) < 4.78 is 25.8. The summed E-state index contributed by atoms with van der Waals surface area (Å²) in [7, 11) is 0. The van der Waals surface area contributed by atoms with Crippen LogP contribution in [0.2, 0.25) is 5.02 Å². The first-order chi connectivity index (χ1) is 14.0. The first-order valence-electron chi connectivity index (χ1n) is 8.82. The van der Waals surface area contributed by atoms with Gasteiger partial charge in [0.15, 0.2) is 11.6 Å². The molecule has 2 aromatic heterocycles. The van der Waals surface area contributed by atoms with Crippen LogP contribution in [0, 0.1) is 12.7 Å². The SMILES string of the molecule is Cc1nn(-c2cccc(Cl)c2)c2sc(C(=O)OCCOc3ccccc3F)cc12. The fraction of sp³-hybridized carbons (Fsp3) is 0.143. The molecule has 0 aliphatic heterocycles. The van der Waals surface area contributed by atoms with E-state index in [0.717, 1.165) is 21.6 Å². The number of nitrogens with zero attached hydrogens (tertiary/aromatic N) is 2. The monoisotopic (exact) mass is 430 g/mol. The molecule has 0 atom stereocenters. The molecule has 8 heteroatoms. The van der Waals surface area contributed by atoms with Crippen molar-refractivity contribution in [1.82, 2.24) is 9.78 Å². The van der Waals surface area contributed by atoms with Gasteiger partial charge in [-0.05, 0) is 43.3 Å². The average molecular weight is 431 g/mol. The Kier molecular flexibility index (Phi) is 5.51. The third-order valence-electron chi connectivity index (χ3n) is 4.21. The van der Waals surface area contributed by atoms with Crippen molar-refractivity contribution in [3.05, 3.63) is 76.0 Å². The number of carbonyl (C=O) groups excluding carboxylic acids is 1. The van der Waals surface area contributed by atoms with Gasteiger partial charge in [0, 0.05) is 10.4 Å². The number of carbonyl (C=O) groups is 1. The molecule has 0 N–H and O–H groups in total. The van der Waals surface area contributed by atoms with Crippen LogP contribution in [0.5, 0.6) is 5.75 Å². The fourth-order valence-corrected chi connectivity index (χ4v) is 4.11. The summed E-state index contributed by atoms with van der Waals surface area (Å²) in [6, 6.07) is 15.2. The number of thiophene rings is 1. The Morgan fingerprint density at radius 1 is 1.17 bits per heavy atom. The van der Waals surface area contributed by atoms with E-state index in [4.69, 9.17) is 21.1 Å². The molecule has 2 heterocycles. The maximum absolute atomic E-state index is 13.5. The summed E-state index contributed by atoms with van der Waals surface area (Å²) in [5.41, 5.74) is 1.62. The van der Waals surface area contributed by atoms with Crippen molar-refractivity contribution in [2.24, 2.45) is 0 Å². The van der Waals surface area contributed by atoms with Crippen LogP contribution in [0.3, 0.4) is 0 Å². The molecule has 0 saturated heterocycles. The summed E-state index contributed by atoms with van der Waals surface area (Å²) in [6.45, 7) is 1.96. The molecule has 4 aromatic rings. The van der Waals surface area contributed by atoms with Crippen LogP contribution in [0.4, 0.5) is 4.39 Å². The van der Waals surface area contributed by atoms with Gasteiger partial charge in [-0.1, -0.05) is 29.8 Å². The number of aromatic nitrogens is 2. The minimum absolute atomic E-state index is 0.0147. The number of aryl methyl sites for hydroxylation is 1. The Bertz CT molecular complexity index is 1190. The molecule has 148 valence electrons. The Labute approximate surface area is 175 Å². The Morgan fingerprint density at radius 2 is 2.00 bits per heavy atom. The number of fused-ring (bicyclic) bond motifs is 1. The second-order valence-corrected chi connectivity index (χ2v) is 7.69. The maximum atomic E-state index is 13.5. The number of benzene rings is 2. The van der Waals surface area contributed by atoms with Gasteiger partial charge in [0.05, 0.1) is 11.4 Å². The molecule has 0 spiro atoms. The topological polar surface area (TPSA) is 53.4 Å². The van der Waals surface area contributed by atoms with E-state index in [0.29, 0.717) is 9.90 Å². The zero-order valence-corrected chi connectivity index (χ0v) is 17.0. The lowest BCUT2D eigenvalue weighted by molar-refractivity contribution is 0.0454. The molecule has 0 amide bonds. The number of rotatable bonds is 6. The van der Waals surface area contributed by atoms with Gasteiger partial charge in [-0.3, -0.25) is 0 Å². The molecule has 0 saturated carbocycles. The molecule has 29 heavy (non-hydrogen) atoms. The normalized spacial score (nSPS) is 11.0. The summed E-state index contributed by atoms with van der Waals surface area (Å²) in [5.74, 6) is -0.785. The standard InChI is InChI=1S/C21H16ClFN2O3S/c1-13-16-12-19(21(26)28-10-9-27-18-8-3-2-7-17(18)23)29-20(16)25(24-13)15-6-4-5-14(22)11-15/h2-8,11-12H,9-10H2,1H3. The van der Waals surface area contributed by atoms with Crippen LogP contribution in [-0.4, -0.2) is 29.0 Å². The largest absolute Gasteiger partial charge is 0.487 e. The Hall–Kier alpha value is -2.90. The highest BCUT2D eigenvalue weighted by Crippen LogP contribution is 2.31. The van der Waals surface area contributed by atoms with E-state index in [1.54, 1.807) is 28.9 Å². The highest BCUT2D eigenvalue weighted by atomic mass is 35.5. The van der Waals surface area contributed by atoms with Crippen LogP contribution >= 0.6 is 22.9 Å². The van der Waals surface area contributed by atoms with E-state index in [1.807, 2.05) is 25.1 Å². The highest BCUT2D eigenvalue weighted by Gasteiger charge is 2.18. The van der Waals surface area contributed by atoms with E-state index in [1.165, 1.54) is 23.5 Å². The zero-order valence-electron chi connectivity index (χ0n) is 15.4. The molecule has 5 nitrogen and oxygen atoms in total. The molecule has 0 unspecified atom stereocenters. The molecular weight excluding hydrogens is 415 g/mol. The zero-order chi connectivity index (χ0) is 20.4. The average Bonchev–Trinajstić information content (AvgIpc) is 3.27. The Morgan fingerprint density at radius 3 is 2.79 bits per heavy atom. The summed E-state index contributed by atoms with van der Waals surface area (Å²) in [4.78, 5) is 13.7. The van der Waals surface area contributed by atoms with Gasteiger partial charge in [0.25, 0.3) is 0 Å². The van der Waals surface area contributed by atoms with Crippen LogP contribution in [0.25, 0.3) is 15.9 Å². The predicted molar refractivity (Wildman–Crippen MR) is 111 cm³/mol. The van der Waals surface area contributed by atoms with Crippen molar-refractivity contribution in [2.75, 3.05) is 13.2 Å². The van der Waals surface area contributed by atoms with Crippen molar-refractivity contribution in [2.45, 2.75) is 6.92 Å². The summed E-state index contributed by atoms with van der Waals surface area (Å²) in [6.07, 6.45) is 0. The van der Waals surface area contributed by atoms with Crippen LogP contribution < -0.4 is 4.74 Å². The van der Waals surface area contributed by atoms with Crippen molar-refractivity contribution in [3.8, 4) is 11.4 Å². The highest BCUT2D eigenvalue weighted by molar-refractivity contribution is 7.20. The molecule has 0 bridgehead atoms. The second kappa shape index (κ2) is 8.23. The van der Waals surface area contributed by atoms with Gasteiger partial charge in [0.1, 0.15) is 22.9 Å². The maximum Gasteiger partial charge on any atom is 0.348 e. The molecular formula is C21H16ClFN2O3S. The van der Waals surface area contributed by atoms with E-state index in [-0.39, 0.29) is 19.0 Å². The van der Waals surface area contributed by atoms with Gasteiger partial charge >= 0.3 is 5.97 Å². The number of hydrogen-bond acceptors (Lipinski definition) is 5. The summed E-state index contributed by atoms with van der Waals surface area (Å²) in [5, 5.41) is 6.03. The fourth-order valence-electron chi connectivity index (χ4n) is 2.85. The van der Waals surface area contributed by atoms with E-state index in [2.05, 4.69) is 5.10 Å². The van der Waals surface area contributed by atoms with E-state index in [9.17, 15) is 9.18 Å². The molecule has 0 radical (unpaired) electrons. The lowest BCUT2D eigenvalue weighted by Crippen LogP contribution is -2.12. The van der Waals surface area contributed by atoms with Crippen LogP contribution in [0.15, 0.2) is 54.6 Å². The third-order valence-corrected chi connectivity index (χ3v) is 5.54. The van der Waals surface area contributed by atoms with Crippen LogP contribution in [0.1, 0.15) is 15.4 Å². The van der Waals surface area contributed by atoms with Gasteiger partial charge in [0.2, 0.25) is 0 Å².